The van der Waals surface area contributed by atoms with Crippen LogP contribution in [0.5, 0.6) is 0 Å². The van der Waals surface area contributed by atoms with Crippen molar-refractivity contribution in [2.75, 3.05) is 13.1 Å². The number of nitrogens with zero attached hydrogens (tertiary/aromatic N) is 5. The molecule has 1 aliphatic heterocycles. The van der Waals surface area contributed by atoms with E-state index in [0.717, 1.165) is 11.1 Å². The van der Waals surface area contributed by atoms with Crippen LogP contribution in [0.2, 0.25) is 0 Å². The van der Waals surface area contributed by atoms with Crippen LogP contribution >= 0.6 is 0 Å². The smallest absolute Gasteiger partial charge is 0.189 e. The van der Waals surface area contributed by atoms with E-state index in [9.17, 15) is 15.8 Å². The second-order valence-corrected chi connectivity index (χ2v) is 7.13. The fourth-order valence-electron chi connectivity index (χ4n) is 4.19. The number of fused-ring (bicyclic) bond motifs is 1. The van der Waals surface area contributed by atoms with Crippen LogP contribution in [0.15, 0.2) is 36.2 Å². The first-order valence-corrected chi connectivity index (χ1v) is 8.65. The third-order valence-corrected chi connectivity index (χ3v) is 5.59. The monoisotopic (exact) mass is 344 g/mol. The Hall–Kier alpha value is -3.01. The average molecular weight is 344 g/mol. The molecule has 0 aromatic carbocycles. The summed E-state index contributed by atoms with van der Waals surface area (Å²) in [7, 11) is 0. The Morgan fingerprint density at radius 3 is 2.58 bits per heavy atom. The highest BCUT2D eigenvalue weighted by Crippen LogP contribution is 2.53. The Labute approximate surface area is 153 Å². The number of rotatable bonds is 2. The van der Waals surface area contributed by atoms with E-state index in [4.69, 9.17) is 5.41 Å². The van der Waals surface area contributed by atoms with E-state index in [0.29, 0.717) is 19.1 Å². The minimum absolute atomic E-state index is 0.112. The maximum absolute atomic E-state index is 9.95. The molecule has 0 amide bonds. The molecule has 3 rings (SSSR count). The molecule has 1 saturated carbocycles. The molecular formula is C20H20N6. The molecule has 1 aliphatic carbocycles. The summed E-state index contributed by atoms with van der Waals surface area (Å²) in [6.45, 7) is 5.57. The number of pyridine rings is 1. The first-order chi connectivity index (χ1) is 12.5. The van der Waals surface area contributed by atoms with Gasteiger partial charge in [-0.1, -0.05) is 12.1 Å². The summed E-state index contributed by atoms with van der Waals surface area (Å²) in [5, 5.41) is 38.1. The molecule has 0 spiro atoms. The molecule has 6 nitrogen and oxygen atoms in total. The molecule has 2 aliphatic rings. The lowest BCUT2D eigenvalue weighted by atomic mass is 9.54. The van der Waals surface area contributed by atoms with Crippen LogP contribution in [0.1, 0.15) is 25.3 Å². The summed E-state index contributed by atoms with van der Waals surface area (Å²) in [5.41, 5.74) is -0.146. The highest BCUT2D eigenvalue weighted by Gasteiger charge is 2.57. The van der Waals surface area contributed by atoms with Crippen molar-refractivity contribution in [1.29, 1.82) is 21.2 Å². The topological polar surface area (TPSA) is 111 Å². The Bertz CT molecular complexity index is 850. The van der Waals surface area contributed by atoms with E-state index in [1.54, 1.807) is 18.5 Å². The molecule has 2 heterocycles. The number of nitriles is 3. The summed E-state index contributed by atoms with van der Waals surface area (Å²) in [6, 6.07) is 10.3. The Kier molecular flexibility index (Phi) is 4.60. The van der Waals surface area contributed by atoms with Gasteiger partial charge in [-0.3, -0.25) is 9.88 Å². The maximum atomic E-state index is 9.95. The van der Waals surface area contributed by atoms with E-state index in [2.05, 4.69) is 41.9 Å². The van der Waals surface area contributed by atoms with Gasteiger partial charge < -0.3 is 5.41 Å². The largest absolute Gasteiger partial charge is 0.305 e. The van der Waals surface area contributed by atoms with Gasteiger partial charge in [-0.15, -0.1) is 0 Å². The molecule has 26 heavy (non-hydrogen) atoms. The van der Waals surface area contributed by atoms with Crippen molar-refractivity contribution in [1.82, 2.24) is 9.88 Å². The zero-order chi connectivity index (χ0) is 18.9. The van der Waals surface area contributed by atoms with Crippen LogP contribution in [0, 0.1) is 56.7 Å². The van der Waals surface area contributed by atoms with Crippen LogP contribution in [0.25, 0.3) is 0 Å². The lowest BCUT2D eigenvalue weighted by molar-refractivity contribution is 0.171. The standard InChI is InChI=1S/C20H20N6/c1-13(2)26-7-5-15-16(8-21)19(24)20(11-22,12-23)18(17(15)10-26)14-4-3-6-25-9-14/h3-6,9,13,16-18,24H,7,10H2,1-2H3/t16?,17-,18+/m0/s1. The van der Waals surface area contributed by atoms with Crippen molar-refractivity contribution in [3.05, 3.63) is 41.7 Å². The molecule has 0 radical (unpaired) electrons. The maximum Gasteiger partial charge on any atom is 0.189 e. The van der Waals surface area contributed by atoms with E-state index in [1.807, 2.05) is 12.1 Å². The highest BCUT2D eigenvalue weighted by atomic mass is 15.2. The molecule has 1 fully saturated rings. The zero-order valence-electron chi connectivity index (χ0n) is 14.8. The van der Waals surface area contributed by atoms with Crippen molar-refractivity contribution in [2.45, 2.75) is 25.8 Å². The lowest BCUT2D eigenvalue weighted by Crippen LogP contribution is -2.53. The molecule has 6 heteroatoms. The van der Waals surface area contributed by atoms with E-state index < -0.39 is 17.3 Å². The molecule has 3 atom stereocenters. The number of hydrogen-bond acceptors (Lipinski definition) is 6. The third-order valence-electron chi connectivity index (χ3n) is 5.59. The minimum Gasteiger partial charge on any atom is -0.305 e. The van der Waals surface area contributed by atoms with E-state index in [-0.39, 0.29) is 11.6 Å². The molecule has 1 aromatic rings. The van der Waals surface area contributed by atoms with Gasteiger partial charge in [-0.25, -0.2) is 0 Å². The van der Waals surface area contributed by atoms with Crippen LogP contribution in [0.4, 0.5) is 0 Å². The third kappa shape index (κ3) is 2.49. The average Bonchev–Trinajstić information content (AvgIpc) is 2.67. The molecule has 1 unspecified atom stereocenters. The molecule has 130 valence electrons. The predicted octanol–water partition coefficient (Wildman–Crippen LogP) is 2.64. The second-order valence-electron chi connectivity index (χ2n) is 7.13. The minimum atomic E-state index is -1.66. The van der Waals surface area contributed by atoms with Crippen LogP contribution in [0.3, 0.4) is 0 Å². The lowest BCUT2D eigenvalue weighted by Gasteiger charge is -2.48. The first kappa shape index (κ1) is 17.8. The van der Waals surface area contributed by atoms with Gasteiger partial charge in [0.1, 0.15) is 5.92 Å². The zero-order valence-corrected chi connectivity index (χ0v) is 14.8. The first-order valence-electron chi connectivity index (χ1n) is 8.65. The van der Waals surface area contributed by atoms with Gasteiger partial charge in [0.05, 0.1) is 23.9 Å². The van der Waals surface area contributed by atoms with E-state index >= 15 is 0 Å². The van der Waals surface area contributed by atoms with Crippen molar-refractivity contribution in [3.8, 4) is 18.2 Å². The highest BCUT2D eigenvalue weighted by molar-refractivity contribution is 6.00. The van der Waals surface area contributed by atoms with Crippen molar-refractivity contribution in [2.24, 2.45) is 17.3 Å². The van der Waals surface area contributed by atoms with Crippen LogP contribution < -0.4 is 0 Å². The molecule has 1 aromatic heterocycles. The normalized spacial score (nSPS) is 27.6. The fraction of sp³-hybridized carbons (Fsp3) is 0.450. The SMILES string of the molecule is CC(C)N1CC=C2C(C#N)C(=N)C(C#N)(C#N)[C@H](c3cccnc3)[C@H]2C1. The Morgan fingerprint density at radius 2 is 2.04 bits per heavy atom. The molecule has 0 bridgehead atoms. The fourth-order valence-corrected chi connectivity index (χ4v) is 4.19. The summed E-state index contributed by atoms with van der Waals surface area (Å²) >= 11 is 0. The van der Waals surface area contributed by atoms with Gasteiger partial charge in [0.2, 0.25) is 0 Å². The number of nitrogens with one attached hydrogen (secondary N) is 1. The van der Waals surface area contributed by atoms with E-state index in [1.165, 1.54) is 0 Å². The quantitative estimate of drug-likeness (QED) is 0.829. The van der Waals surface area contributed by atoms with Crippen molar-refractivity contribution < 1.29 is 0 Å². The Morgan fingerprint density at radius 1 is 1.31 bits per heavy atom. The van der Waals surface area contributed by atoms with Crippen LogP contribution in [-0.4, -0.2) is 34.7 Å². The van der Waals surface area contributed by atoms with Crippen LogP contribution in [-0.2, 0) is 0 Å². The van der Waals surface area contributed by atoms with Gasteiger partial charge in [0.15, 0.2) is 5.41 Å². The number of hydrogen-bond donors (Lipinski definition) is 1. The predicted molar refractivity (Wildman–Crippen MR) is 95.7 cm³/mol. The van der Waals surface area contributed by atoms with Gasteiger partial charge in [-0.2, -0.15) is 15.8 Å². The second kappa shape index (κ2) is 6.71. The summed E-state index contributed by atoms with van der Waals surface area (Å²) in [4.78, 5) is 6.43. The van der Waals surface area contributed by atoms with Gasteiger partial charge in [-0.05, 0) is 31.1 Å². The van der Waals surface area contributed by atoms with Crippen molar-refractivity contribution in [3.63, 3.8) is 0 Å². The van der Waals surface area contributed by atoms with Gasteiger partial charge in [0, 0.05) is 43.4 Å². The summed E-state index contributed by atoms with van der Waals surface area (Å²) in [6.07, 6.45) is 5.33. The molecule has 1 N–H and O–H groups in total. The van der Waals surface area contributed by atoms with Gasteiger partial charge >= 0.3 is 0 Å². The van der Waals surface area contributed by atoms with Crippen molar-refractivity contribution >= 4 is 5.71 Å². The Balaban J connectivity index is 2.23. The molecule has 0 saturated heterocycles. The number of aromatic nitrogens is 1. The van der Waals surface area contributed by atoms with Gasteiger partial charge in [0.25, 0.3) is 0 Å². The summed E-state index contributed by atoms with van der Waals surface area (Å²) < 4.78 is 0. The summed E-state index contributed by atoms with van der Waals surface area (Å²) in [5.74, 6) is -1.51. The molecular weight excluding hydrogens is 324 g/mol.